The number of thioether (sulfide) groups is 1. The Morgan fingerprint density at radius 3 is 2.67 bits per heavy atom. The van der Waals surface area contributed by atoms with E-state index in [4.69, 9.17) is 9.47 Å². The van der Waals surface area contributed by atoms with Crippen molar-refractivity contribution in [1.29, 1.82) is 0 Å². The number of para-hydroxylation sites is 1. The van der Waals surface area contributed by atoms with Gasteiger partial charge in [0.25, 0.3) is 0 Å². The van der Waals surface area contributed by atoms with Gasteiger partial charge >= 0.3 is 0 Å². The van der Waals surface area contributed by atoms with Crippen molar-refractivity contribution in [3.05, 3.63) is 61.2 Å². The van der Waals surface area contributed by atoms with Crippen LogP contribution in [0.25, 0.3) is 0 Å². The van der Waals surface area contributed by atoms with Crippen LogP contribution < -0.4 is 14.8 Å². The zero-order valence-corrected chi connectivity index (χ0v) is 17.6. The SMILES string of the molecule is C=CCN1C(=O)C(CC(=O)Nc2cc(OC)ccc2OC)SC1=Nc1ccccc1. The average molecular weight is 426 g/mol. The number of benzene rings is 2. The molecule has 1 aliphatic rings. The first-order chi connectivity index (χ1) is 14.5. The van der Waals surface area contributed by atoms with Crippen LogP contribution >= 0.6 is 11.8 Å². The third-order valence-electron chi connectivity index (χ3n) is 4.36. The summed E-state index contributed by atoms with van der Waals surface area (Å²) in [4.78, 5) is 31.6. The molecule has 1 N–H and O–H groups in total. The molecule has 2 amide bonds. The van der Waals surface area contributed by atoms with Crippen molar-refractivity contribution < 1.29 is 19.1 Å². The first kappa shape index (κ1) is 21.4. The van der Waals surface area contributed by atoms with E-state index in [-0.39, 0.29) is 18.2 Å². The second-order valence-electron chi connectivity index (χ2n) is 6.39. The van der Waals surface area contributed by atoms with Gasteiger partial charge in [0.1, 0.15) is 16.7 Å². The standard InChI is InChI=1S/C22H23N3O4S/c1-4-12-25-21(27)19(30-22(25)23-15-8-6-5-7-9-15)14-20(26)24-17-13-16(28-2)10-11-18(17)29-3/h4-11,13,19H,1,12,14H2,2-3H3,(H,24,26). The van der Waals surface area contributed by atoms with Crippen molar-refractivity contribution in [3.63, 3.8) is 0 Å². The summed E-state index contributed by atoms with van der Waals surface area (Å²) in [6.07, 6.45) is 1.65. The number of hydrogen-bond donors (Lipinski definition) is 1. The molecule has 1 aliphatic heterocycles. The van der Waals surface area contributed by atoms with Crippen LogP contribution in [0.15, 0.2) is 66.2 Å². The second-order valence-corrected chi connectivity index (χ2v) is 7.56. The van der Waals surface area contributed by atoms with Gasteiger partial charge in [0.15, 0.2) is 5.17 Å². The fourth-order valence-electron chi connectivity index (χ4n) is 2.92. The van der Waals surface area contributed by atoms with Crippen LogP contribution in [-0.4, -0.2) is 47.9 Å². The number of carbonyl (C=O) groups excluding carboxylic acids is 2. The summed E-state index contributed by atoms with van der Waals surface area (Å²) in [5, 5.41) is 2.80. The molecule has 0 saturated carbocycles. The Morgan fingerprint density at radius 1 is 1.23 bits per heavy atom. The molecular weight excluding hydrogens is 402 g/mol. The van der Waals surface area contributed by atoms with Crippen molar-refractivity contribution in [1.82, 2.24) is 4.90 Å². The molecular formula is C22H23N3O4S. The zero-order chi connectivity index (χ0) is 21.5. The van der Waals surface area contributed by atoms with Gasteiger partial charge in [-0.25, -0.2) is 4.99 Å². The number of methoxy groups -OCH3 is 2. The maximum absolute atomic E-state index is 12.9. The number of hydrogen-bond acceptors (Lipinski definition) is 6. The highest BCUT2D eigenvalue weighted by Crippen LogP contribution is 2.33. The summed E-state index contributed by atoms with van der Waals surface area (Å²) in [5.41, 5.74) is 1.23. The maximum Gasteiger partial charge on any atom is 0.242 e. The molecule has 1 heterocycles. The van der Waals surface area contributed by atoms with Crippen molar-refractivity contribution >= 4 is 40.1 Å². The van der Waals surface area contributed by atoms with Gasteiger partial charge in [0, 0.05) is 19.0 Å². The first-order valence-electron chi connectivity index (χ1n) is 9.30. The van der Waals surface area contributed by atoms with Crippen LogP contribution in [0.3, 0.4) is 0 Å². The van der Waals surface area contributed by atoms with E-state index in [0.29, 0.717) is 28.9 Å². The molecule has 2 aromatic rings. The van der Waals surface area contributed by atoms with Gasteiger partial charge in [0.05, 0.1) is 25.6 Å². The maximum atomic E-state index is 12.9. The number of rotatable bonds is 8. The molecule has 8 heteroatoms. The Hall–Kier alpha value is -3.26. The van der Waals surface area contributed by atoms with Crippen molar-refractivity contribution in [3.8, 4) is 11.5 Å². The van der Waals surface area contributed by atoms with Crippen LogP contribution in [0.4, 0.5) is 11.4 Å². The number of amidine groups is 1. The highest BCUT2D eigenvalue weighted by atomic mass is 32.2. The second kappa shape index (κ2) is 9.98. The van der Waals surface area contributed by atoms with E-state index < -0.39 is 5.25 Å². The fraction of sp³-hybridized carbons (Fsp3) is 0.227. The minimum atomic E-state index is -0.566. The number of ether oxygens (including phenoxy) is 2. The van der Waals surface area contributed by atoms with Gasteiger partial charge in [-0.05, 0) is 24.3 Å². The number of anilines is 1. The lowest BCUT2D eigenvalue weighted by molar-refractivity contribution is -0.127. The molecule has 3 rings (SSSR count). The molecule has 1 fully saturated rings. The van der Waals surface area contributed by atoms with Crippen LogP contribution in [-0.2, 0) is 9.59 Å². The molecule has 2 aromatic carbocycles. The van der Waals surface area contributed by atoms with E-state index >= 15 is 0 Å². The van der Waals surface area contributed by atoms with Gasteiger partial charge in [-0.3, -0.25) is 14.5 Å². The quantitative estimate of drug-likeness (QED) is 0.650. The number of aliphatic imine (C=N–C) groups is 1. The van der Waals surface area contributed by atoms with Crippen LogP contribution in [0.1, 0.15) is 6.42 Å². The Morgan fingerprint density at radius 2 is 2.00 bits per heavy atom. The molecule has 1 atom stereocenters. The van der Waals surface area contributed by atoms with Crippen LogP contribution in [0.2, 0.25) is 0 Å². The highest BCUT2D eigenvalue weighted by molar-refractivity contribution is 8.15. The van der Waals surface area contributed by atoms with Gasteiger partial charge in [0.2, 0.25) is 11.8 Å². The zero-order valence-electron chi connectivity index (χ0n) is 16.8. The Labute approximate surface area is 179 Å². The predicted octanol–water partition coefficient (Wildman–Crippen LogP) is 3.85. The summed E-state index contributed by atoms with van der Waals surface area (Å²) >= 11 is 1.28. The summed E-state index contributed by atoms with van der Waals surface area (Å²) in [6.45, 7) is 4.05. The smallest absolute Gasteiger partial charge is 0.242 e. The average Bonchev–Trinajstić information content (AvgIpc) is 3.03. The minimum absolute atomic E-state index is 0.00527. The van der Waals surface area contributed by atoms with E-state index in [2.05, 4.69) is 16.9 Å². The topological polar surface area (TPSA) is 80.2 Å². The summed E-state index contributed by atoms with van der Waals surface area (Å²) < 4.78 is 10.5. The van der Waals surface area contributed by atoms with Crippen molar-refractivity contribution in [2.24, 2.45) is 4.99 Å². The predicted molar refractivity (Wildman–Crippen MR) is 120 cm³/mol. The Bertz CT molecular complexity index is 962. The van der Waals surface area contributed by atoms with Gasteiger partial charge in [-0.2, -0.15) is 0 Å². The Balaban J connectivity index is 1.75. The minimum Gasteiger partial charge on any atom is -0.497 e. The molecule has 0 spiro atoms. The molecule has 156 valence electrons. The lowest BCUT2D eigenvalue weighted by Crippen LogP contribution is -2.33. The monoisotopic (exact) mass is 425 g/mol. The Kier molecular flexibility index (Phi) is 7.13. The van der Waals surface area contributed by atoms with Crippen molar-refractivity contribution in [2.45, 2.75) is 11.7 Å². The molecule has 1 unspecified atom stereocenters. The van der Waals surface area contributed by atoms with Crippen LogP contribution in [0, 0.1) is 0 Å². The normalized spacial score (nSPS) is 17.1. The summed E-state index contributed by atoms with van der Waals surface area (Å²) in [6, 6.07) is 14.5. The molecule has 1 saturated heterocycles. The van der Waals surface area contributed by atoms with E-state index in [0.717, 1.165) is 5.69 Å². The third kappa shape index (κ3) is 5.01. The van der Waals surface area contributed by atoms with E-state index in [1.165, 1.54) is 18.9 Å². The van der Waals surface area contributed by atoms with Crippen LogP contribution in [0.5, 0.6) is 11.5 Å². The molecule has 7 nitrogen and oxygen atoms in total. The molecule has 0 aliphatic carbocycles. The third-order valence-corrected chi connectivity index (χ3v) is 5.54. The number of carbonyl (C=O) groups is 2. The lowest BCUT2D eigenvalue weighted by atomic mass is 10.2. The van der Waals surface area contributed by atoms with E-state index in [9.17, 15) is 9.59 Å². The lowest BCUT2D eigenvalue weighted by Gasteiger charge is -2.14. The number of amides is 2. The fourth-order valence-corrected chi connectivity index (χ4v) is 4.08. The van der Waals surface area contributed by atoms with E-state index in [1.807, 2.05) is 30.3 Å². The molecule has 0 aromatic heterocycles. The van der Waals surface area contributed by atoms with Gasteiger partial charge < -0.3 is 14.8 Å². The van der Waals surface area contributed by atoms with Gasteiger partial charge in [-0.15, -0.1) is 6.58 Å². The number of nitrogens with one attached hydrogen (secondary N) is 1. The molecule has 0 bridgehead atoms. The van der Waals surface area contributed by atoms with Gasteiger partial charge in [-0.1, -0.05) is 36.0 Å². The summed E-state index contributed by atoms with van der Waals surface area (Å²) in [7, 11) is 3.07. The van der Waals surface area contributed by atoms with E-state index in [1.54, 1.807) is 36.3 Å². The molecule has 0 radical (unpaired) electrons. The summed E-state index contributed by atoms with van der Waals surface area (Å²) in [5.74, 6) is 0.635. The number of nitrogens with zero attached hydrogens (tertiary/aromatic N) is 2. The first-order valence-corrected chi connectivity index (χ1v) is 10.2. The molecule has 30 heavy (non-hydrogen) atoms. The van der Waals surface area contributed by atoms with Crippen molar-refractivity contribution in [2.75, 3.05) is 26.1 Å². The largest absolute Gasteiger partial charge is 0.497 e. The highest BCUT2D eigenvalue weighted by Gasteiger charge is 2.38.